The Kier molecular flexibility index (Phi) is 4.80. The molecule has 0 aliphatic rings. The standard InChI is InChI=1S/C15H21ClO2/c1-6-18-14(17)13(16)12-8-7-11(9-10(12)2)15(3,4)5/h7-9,13H,6H2,1-5H3. The molecule has 0 N–H and O–H groups in total. The fraction of sp³-hybridized carbons (Fsp3) is 0.533. The minimum atomic E-state index is -0.723. The number of ether oxygens (including phenoxy) is 1. The Bertz CT molecular complexity index is 433. The summed E-state index contributed by atoms with van der Waals surface area (Å²) in [6.07, 6.45) is 0. The predicted molar refractivity (Wildman–Crippen MR) is 75.1 cm³/mol. The number of carbonyl (C=O) groups excluding carboxylic acids is 1. The number of halogens is 1. The molecule has 2 nitrogen and oxygen atoms in total. The third-order valence-electron chi connectivity index (χ3n) is 2.90. The van der Waals surface area contributed by atoms with Crippen molar-refractivity contribution in [3.8, 4) is 0 Å². The summed E-state index contributed by atoms with van der Waals surface area (Å²) in [5.41, 5.74) is 3.17. The van der Waals surface area contributed by atoms with Crippen LogP contribution in [0.4, 0.5) is 0 Å². The van der Waals surface area contributed by atoms with Gasteiger partial charge in [0.05, 0.1) is 6.61 Å². The van der Waals surface area contributed by atoms with Crippen molar-refractivity contribution in [2.45, 2.75) is 45.4 Å². The van der Waals surface area contributed by atoms with E-state index < -0.39 is 5.38 Å². The summed E-state index contributed by atoms with van der Waals surface area (Å²) < 4.78 is 4.94. The number of hydrogen-bond donors (Lipinski definition) is 0. The maximum atomic E-state index is 11.6. The van der Waals surface area contributed by atoms with Crippen molar-refractivity contribution in [1.82, 2.24) is 0 Å². The third kappa shape index (κ3) is 3.49. The number of aryl methyl sites for hydroxylation is 1. The Balaban J connectivity index is 3.02. The van der Waals surface area contributed by atoms with Gasteiger partial charge in [0.2, 0.25) is 0 Å². The van der Waals surface area contributed by atoms with Gasteiger partial charge in [-0.1, -0.05) is 39.0 Å². The minimum Gasteiger partial charge on any atom is -0.465 e. The first-order chi connectivity index (χ1) is 8.27. The van der Waals surface area contributed by atoms with E-state index in [2.05, 4.69) is 26.8 Å². The van der Waals surface area contributed by atoms with Crippen LogP contribution < -0.4 is 0 Å². The minimum absolute atomic E-state index is 0.0923. The highest BCUT2D eigenvalue weighted by Crippen LogP contribution is 2.30. The smallest absolute Gasteiger partial charge is 0.328 e. The van der Waals surface area contributed by atoms with Gasteiger partial charge in [0.15, 0.2) is 5.38 Å². The number of alkyl halides is 1. The lowest BCUT2D eigenvalue weighted by Gasteiger charge is -2.21. The largest absolute Gasteiger partial charge is 0.465 e. The molecule has 0 bridgehead atoms. The molecule has 0 heterocycles. The SMILES string of the molecule is CCOC(=O)C(Cl)c1ccc(C(C)(C)C)cc1C. The summed E-state index contributed by atoms with van der Waals surface area (Å²) in [5, 5.41) is -0.723. The van der Waals surface area contributed by atoms with Gasteiger partial charge in [-0.3, -0.25) is 4.79 Å². The Morgan fingerprint density at radius 3 is 2.44 bits per heavy atom. The molecular weight excluding hydrogens is 248 g/mol. The van der Waals surface area contributed by atoms with Gasteiger partial charge in [-0.25, -0.2) is 0 Å². The molecule has 0 fully saturated rings. The third-order valence-corrected chi connectivity index (χ3v) is 3.32. The fourth-order valence-corrected chi connectivity index (χ4v) is 2.08. The lowest BCUT2D eigenvalue weighted by Crippen LogP contribution is -2.14. The fourth-order valence-electron chi connectivity index (χ4n) is 1.77. The maximum Gasteiger partial charge on any atom is 0.328 e. The zero-order chi connectivity index (χ0) is 13.9. The average Bonchev–Trinajstić information content (AvgIpc) is 2.27. The van der Waals surface area contributed by atoms with Crippen molar-refractivity contribution in [3.05, 3.63) is 34.9 Å². The van der Waals surface area contributed by atoms with Gasteiger partial charge in [0.1, 0.15) is 0 Å². The second-order valence-corrected chi connectivity index (χ2v) is 5.87. The molecule has 0 saturated carbocycles. The average molecular weight is 269 g/mol. The van der Waals surface area contributed by atoms with Crippen LogP contribution in [0.25, 0.3) is 0 Å². The first-order valence-corrected chi connectivity index (χ1v) is 6.62. The van der Waals surface area contributed by atoms with Crippen LogP contribution in [0.3, 0.4) is 0 Å². The normalized spacial score (nSPS) is 13.2. The molecule has 1 rings (SSSR count). The zero-order valence-corrected chi connectivity index (χ0v) is 12.5. The molecule has 1 aromatic carbocycles. The van der Waals surface area contributed by atoms with Gasteiger partial charge in [-0.05, 0) is 36.0 Å². The molecule has 0 radical (unpaired) electrons. The molecule has 0 aliphatic heterocycles. The molecule has 3 heteroatoms. The van der Waals surface area contributed by atoms with Crippen LogP contribution >= 0.6 is 11.6 Å². The van der Waals surface area contributed by atoms with E-state index in [0.717, 1.165) is 11.1 Å². The van der Waals surface area contributed by atoms with E-state index in [1.165, 1.54) is 5.56 Å². The topological polar surface area (TPSA) is 26.3 Å². The van der Waals surface area contributed by atoms with Crippen LogP contribution in [0, 0.1) is 6.92 Å². The van der Waals surface area contributed by atoms with E-state index >= 15 is 0 Å². The van der Waals surface area contributed by atoms with Gasteiger partial charge in [0.25, 0.3) is 0 Å². The summed E-state index contributed by atoms with van der Waals surface area (Å²) in [4.78, 5) is 11.6. The van der Waals surface area contributed by atoms with E-state index in [0.29, 0.717) is 6.61 Å². The second-order valence-electron chi connectivity index (χ2n) is 5.44. The summed E-state index contributed by atoms with van der Waals surface area (Å²) in [5.74, 6) is -0.384. The van der Waals surface area contributed by atoms with Crippen molar-refractivity contribution in [1.29, 1.82) is 0 Å². The summed E-state index contributed by atoms with van der Waals surface area (Å²) in [7, 11) is 0. The predicted octanol–water partition coefficient (Wildman–Crippen LogP) is 4.14. The molecule has 0 aliphatic carbocycles. The molecule has 1 atom stereocenters. The van der Waals surface area contributed by atoms with E-state index in [9.17, 15) is 4.79 Å². The molecule has 0 amide bonds. The van der Waals surface area contributed by atoms with Crippen molar-refractivity contribution in [3.63, 3.8) is 0 Å². The highest BCUT2D eigenvalue weighted by atomic mass is 35.5. The van der Waals surface area contributed by atoms with Crippen molar-refractivity contribution < 1.29 is 9.53 Å². The van der Waals surface area contributed by atoms with E-state index in [-0.39, 0.29) is 11.4 Å². The molecule has 0 aromatic heterocycles. The molecule has 0 saturated heterocycles. The van der Waals surface area contributed by atoms with E-state index in [1.807, 2.05) is 19.1 Å². The quantitative estimate of drug-likeness (QED) is 0.608. The lowest BCUT2D eigenvalue weighted by molar-refractivity contribution is -0.142. The molecule has 1 aromatic rings. The number of rotatable bonds is 3. The van der Waals surface area contributed by atoms with Gasteiger partial charge in [0, 0.05) is 0 Å². The number of hydrogen-bond acceptors (Lipinski definition) is 2. The maximum absolute atomic E-state index is 11.6. The van der Waals surface area contributed by atoms with Crippen molar-refractivity contribution >= 4 is 17.6 Å². The van der Waals surface area contributed by atoms with Gasteiger partial charge >= 0.3 is 5.97 Å². The number of esters is 1. The van der Waals surface area contributed by atoms with Crippen LogP contribution in [-0.4, -0.2) is 12.6 Å². The Morgan fingerprint density at radius 1 is 1.39 bits per heavy atom. The monoisotopic (exact) mass is 268 g/mol. The first kappa shape index (κ1) is 15.0. The highest BCUT2D eigenvalue weighted by molar-refractivity contribution is 6.30. The van der Waals surface area contributed by atoms with Crippen LogP contribution in [-0.2, 0) is 14.9 Å². The van der Waals surface area contributed by atoms with Crippen LogP contribution in [0.2, 0.25) is 0 Å². The van der Waals surface area contributed by atoms with E-state index in [4.69, 9.17) is 16.3 Å². The molecular formula is C15H21ClO2. The highest BCUT2D eigenvalue weighted by Gasteiger charge is 2.22. The second kappa shape index (κ2) is 5.75. The van der Waals surface area contributed by atoms with Gasteiger partial charge in [-0.2, -0.15) is 0 Å². The number of carbonyl (C=O) groups is 1. The lowest BCUT2D eigenvalue weighted by atomic mass is 9.85. The van der Waals surface area contributed by atoms with E-state index in [1.54, 1.807) is 6.92 Å². The van der Waals surface area contributed by atoms with Gasteiger partial charge < -0.3 is 4.74 Å². The summed E-state index contributed by atoms with van der Waals surface area (Å²) >= 11 is 6.13. The molecule has 18 heavy (non-hydrogen) atoms. The summed E-state index contributed by atoms with van der Waals surface area (Å²) in [6, 6.07) is 6.03. The van der Waals surface area contributed by atoms with Crippen LogP contribution in [0.5, 0.6) is 0 Å². The van der Waals surface area contributed by atoms with Gasteiger partial charge in [-0.15, -0.1) is 11.6 Å². The first-order valence-electron chi connectivity index (χ1n) is 6.19. The molecule has 1 unspecified atom stereocenters. The number of benzene rings is 1. The molecule has 100 valence electrons. The van der Waals surface area contributed by atoms with Crippen LogP contribution in [0.15, 0.2) is 18.2 Å². The summed E-state index contributed by atoms with van der Waals surface area (Å²) in [6.45, 7) is 10.6. The van der Waals surface area contributed by atoms with Crippen LogP contribution in [0.1, 0.15) is 49.8 Å². The Morgan fingerprint density at radius 2 is 2.00 bits per heavy atom. The Labute approximate surface area is 114 Å². The molecule has 0 spiro atoms. The van der Waals surface area contributed by atoms with Crippen molar-refractivity contribution in [2.75, 3.05) is 6.61 Å². The Hall–Kier alpha value is -1.02. The van der Waals surface area contributed by atoms with Crippen molar-refractivity contribution in [2.24, 2.45) is 0 Å². The zero-order valence-electron chi connectivity index (χ0n) is 11.7.